The molecule has 172 valence electrons. The number of carbonyl (C=O) groups is 4. The van der Waals surface area contributed by atoms with Crippen LogP contribution in [0, 0.1) is 0 Å². The molecule has 0 bridgehead atoms. The van der Waals surface area contributed by atoms with Crippen molar-refractivity contribution >= 4 is 72.7 Å². The fourth-order valence-electron chi connectivity index (χ4n) is 1.10. The van der Waals surface area contributed by atoms with E-state index in [1.165, 1.54) is 0 Å². The fourth-order valence-corrected chi connectivity index (χ4v) is 1.10. The largest absolute Gasteiger partial charge is 3.00 e. The summed E-state index contributed by atoms with van der Waals surface area (Å²) in [5.74, 6) is -8.93. The zero-order valence-corrected chi connectivity index (χ0v) is 20.0. The first-order valence-corrected chi connectivity index (χ1v) is 6.81. The Morgan fingerprint density at radius 3 is 0.733 bits per heavy atom. The third-order valence-electron chi connectivity index (χ3n) is 2.44. The normalized spacial score (nSPS) is 15.3. The van der Waals surface area contributed by atoms with Gasteiger partial charge in [0.15, 0.2) is 0 Å². The number of carboxylic acid groups (broad SMARTS) is 4. The molecule has 6 N–H and O–H groups in total. The number of hydrogen-bond acceptors (Lipinski definition) is 14. The SMILES string of the molecule is C1CNCCN1.O.O.O=C([O-])C([O-])C([O-])C(=O)[O-].O=C([O-])C([O-])C([O-])C(=O)[O-].[H+].[H+].[Sb+3].[Sb+3]. The van der Waals surface area contributed by atoms with Gasteiger partial charge in [-0.25, -0.2) is 0 Å². The van der Waals surface area contributed by atoms with E-state index in [1.807, 2.05) is 0 Å². The van der Waals surface area contributed by atoms with Crippen LogP contribution in [0.4, 0.5) is 0 Å². The molecule has 1 fully saturated rings. The first-order valence-electron chi connectivity index (χ1n) is 6.81. The summed E-state index contributed by atoms with van der Waals surface area (Å²) in [6, 6.07) is 0. The molecule has 0 saturated carbocycles. The molecule has 1 heterocycles. The molecule has 1 aliphatic heterocycles. The van der Waals surface area contributed by atoms with Crippen molar-refractivity contribution in [1.82, 2.24) is 10.6 Å². The Hall–Kier alpha value is -0.804. The molecule has 0 aromatic carbocycles. The zero-order valence-electron chi connectivity index (χ0n) is 16.9. The van der Waals surface area contributed by atoms with E-state index >= 15 is 0 Å². The first-order chi connectivity index (χ1) is 11.9. The van der Waals surface area contributed by atoms with Crippen LogP contribution in [0.3, 0.4) is 0 Å². The molecule has 1 rings (SSSR count). The van der Waals surface area contributed by atoms with Gasteiger partial charge in [0, 0.05) is 50.1 Å². The number of piperazine rings is 1. The molecule has 16 nitrogen and oxygen atoms in total. The summed E-state index contributed by atoms with van der Waals surface area (Å²) >= 11 is 0. The second-order valence-corrected chi connectivity index (χ2v) is 4.46. The van der Waals surface area contributed by atoms with Gasteiger partial charge in [-0.15, -0.1) is 0 Å². The van der Waals surface area contributed by atoms with Gasteiger partial charge in [0.2, 0.25) is 0 Å². The zero-order chi connectivity index (χ0) is 20.9. The summed E-state index contributed by atoms with van der Waals surface area (Å²) in [5, 5.41) is 84.5. The summed E-state index contributed by atoms with van der Waals surface area (Å²) in [4.78, 5) is 38.1. The van der Waals surface area contributed by atoms with Crippen molar-refractivity contribution in [2.45, 2.75) is 24.4 Å². The Kier molecular flexibility index (Phi) is 35.2. The van der Waals surface area contributed by atoms with E-state index in [-0.39, 0.29) is 62.7 Å². The average Bonchev–Trinajstić information content (AvgIpc) is 2.61. The van der Waals surface area contributed by atoms with Crippen LogP contribution in [0.5, 0.6) is 0 Å². The predicted molar refractivity (Wildman–Crippen MR) is 81.9 cm³/mol. The van der Waals surface area contributed by atoms with Crippen LogP contribution >= 0.6 is 0 Å². The van der Waals surface area contributed by atoms with Crippen LogP contribution in [0.15, 0.2) is 0 Å². The summed E-state index contributed by atoms with van der Waals surface area (Å²) in [5.41, 5.74) is 0. The fraction of sp³-hybridized carbons (Fsp3) is 0.667. The van der Waals surface area contributed by atoms with E-state index in [9.17, 15) is 60.0 Å². The van der Waals surface area contributed by atoms with Crippen molar-refractivity contribution in [3.8, 4) is 0 Å². The Morgan fingerprint density at radius 1 is 0.533 bits per heavy atom. The Bertz CT molecular complexity index is 407. The summed E-state index contributed by atoms with van der Waals surface area (Å²) < 4.78 is 0. The van der Waals surface area contributed by atoms with Crippen molar-refractivity contribution in [3.63, 3.8) is 0 Å². The van der Waals surface area contributed by atoms with E-state index in [0.29, 0.717) is 0 Å². The predicted octanol–water partition coefficient (Wildman–Crippen LogP) is -15.1. The van der Waals surface area contributed by atoms with Gasteiger partial charge in [0.25, 0.3) is 0 Å². The molecule has 30 heavy (non-hydrogen) atoms. The van der Waals surface area contributed by atoms with Crippen LogP contribution in [-0.2, 0) is 19.2 Å². The number of carboxylic acids is 4. The molecule has 1 aliphatic rings. The van der Waals surface area contributed by atoms with Gasteiger partial charge in [0.1, 0.15) is 0 Å². The van der Waals surface area contributed by atoms with Gasteiger partial charge in [-0.1, -0.05) is 24.4 Å². The van der Waals surface area contributed by atoms with Crippen LogP contribution in [-0.4, -0.2) is 134 Å². The van der Waals surface area contributed by atoms with Crippen molar-refractivity contribution < 1.29 is 73.8 Å². The molecule has 4 unspecified atom stereocenters. The second kappa shape index (κ2) is 24.5. The number of hydrogen-bond donors (Lipinski definition) is 2. The first kappa shape index (κ1) is 43.1. The maximum Gasteiger partial charge on any atom is 3.00 e. The molecule has 4 atom stereocenters. The van der Waals surface area contributed by atoms with Crippen molar-refractivity contribution in [2.75, 3.05) is 26.2 Å². The number of carbonyl (C=O) groups excluding carboxylic acids is 4. The molecule has 0 aromatic heterocycles. The molecule has 1 saturated heterocycles. The third-order valence-corrected chi connectivity index (χ3v) is 2.44. The van der Waals surface area contributed by atoms with Gasteiger partial charge < -0.3 is 81.6 Å². The minimum Gasteiger partial charge on any atom is -0.848 e. The molecular formula is C12H20N2O14Sb2. The van der Waals surface area contributed by atoms with Crippen molar-refractivity contribution in [2.24, 2.45) is 0 Å². The molecule has 0 spiro atoms. The maximum absolute atomic E-state index is 9.97. The van der Waals surface area contributed by atoms with Crippen LogP contribution in [0.2, 0.25) is 0 Å². The van der Waals surface area contributed by atoms with Gasteiger partial charge in [-0.2, -0.15) is 0 Å². The molecule has 0 aromatic rings. The second-order valence-electron chi connectivity index (χ2n) is 4.46. The summed E-state index contributed by atoms with van der Waals surface area (Å²) in [6.07, 6.45) is -11.2. The van der Waals surface area contributed by atoms with E-state index in [4.69, 9.17) is 0 Å². The minimum atomic E-state index is -2.80. The monoisotopic (exact) mass is 658 g/mol. The maximum atomic E-state index is 9.97. The Labute approximate surface area is 207 Å². The van der Waals surface area contributed by atoms with Crippen molar-refractivity contribution in [1.29, 1.82) is 0 Å². The van der Waals surface area contributed by atoms with E-state index in [1.54, 1.807) is 0 Å². The van der Waals surface area contributed by atoms with Gasteiger partial charge in [-0.05, 0) is 0 Å². The molecule has 0 amide bonds. The Morgan fingerprint density at radius 2 is 0.667 bits per heavy atom. The van der Waals surface area contributed by atoms with Gasteiger partial charge in [0.05, 0.1) is 0 Å². The van der Waals surface area contributed by atoms with Gasteiger partial charge in [-0.3, -0.25) is 0 Å². The molecule has 4 radical (unpaired) electrons. The standard InChI is InChI=1S/C4H10N2.2C4H4O6.2H2O.2Sb/c1-2-6-4-3-5-1;2*5-1(3(7)8)2(6)4(9)10;;;;/h5-6H,1-4H2;2*1-2H,(H,7,8)(H,9,10);2*1H2;;/q;2*-2;;;2*+3/p-2. The quantitative estimate of drug-likeness (QED) is 0.250. The molecular weight excluding hydrogens is 640 g/mol. The Balaban J connectivity index is -0.0000000420. The van der Waals surface area contributed by atoms with Crippen LogP contribution < -0.4 is 51.5 Å². The number of nitrogens with one attached hydrogen (secondary N) is 2. The van der Waals surface area contributed by atoms with Crippen molar-refractivity contribution in [3.05, 3.63) is 0 Å². The van der Waals surface area contributed by atoms with Crippen LogP contribution in [0.1, 0.15) is 2.85 Å². The van der Waals surface area contributed by atoms with Crippen LogP contribution in [0.25, 0.3) is 0 Å². The van der Waals surface area contributed by atoms with Gasteiger partial charge >= 0.3 is 51.7 Å². The van der Waals surface area contributed by atoms with E-state index in [0.717, 1.165) is 26.2 Å². The number of aliphatic carboxylic acids is 4. The minimum absolute atomic E-state index is 0. The average molecular weight is 660 g/mol. The van der Waals surface area contributed by atoms with E-state index < -0.39 is 48.3 Å². The van der Waals surface area contributed by atoms with E-state index in [2.05, 4.69) is 10.6 Å². The topological polar surface area (TPSA) is 340 Å². The summed E-state index contributed by atoms with van der Waals surface area (Å²) in [7, 11) is 0. The molecule has 18 heteroatoms. The summed E-state index contributed by atoms with van der Waals surface area (Å²) in [6.45, 7) is 4.56. The number of rotatable bonds is 6. The smallest absolute Gasteiger partial charge is 0.848 e. The third kappa shape index (κ3) is 21.9. The molecule has 0 aliphatic carbocycles.